The highest BCUT2D eigenvalue weighted by molar-refractivity contribution is 6.31. The molecule has 1 N–H and O–H groups in total. The molecule has 0 spiro atoms. The fourth-order valence-electron chi connectivity index (χ4n) is 3.72. The van der Waals surface area contributed by atoms with Gasteiger partial charge in [-0.1, -0.05) is 41.9 Å². The first-order valence-electron chi connectivity index (χ1n) is 9.99. The predicted molar refractivity (Wildman–Crippen MR) is 114 cm³/mol. The fourth-order valence-corrected chi connectivity index (χ4v) is 3.95. The number of amides is 1. The lowest BCUT2D eigenvalue weighted by Gasteiger charge is -2.25. The molecule has 29 heavy (non-hydrogen) atoms. The quantitative estimate of drug-likeness (QED) is 0.500. The van der Waals surface area contributed by atoms with Crippen LogP contribution in [-0.2, 0) is 22.5 Å². The first-order valence-corrected chi connectivity index (χ1v) is 10.4. The van der Waals surface area contributed by atoms with Crippen LogP contribution in [0.3, 0.4) is 0 Å². The van der Waals surface area contributed by atoms with Gasteiger partial charge in [-0.15, -0.1) is 0 Å². The fraction of sp³-hybridized carbons (Fsp3) is 0.391. The number of carbonyl (C=O) groups is 2. The van der Waals surface area contributed by atoms with E-state index in [4.69, 9.17) is 16.3 Å². The van der Waals surface area contributed by atoms with E-state index in [1.165, 1.54) is 7.11 Å². The number of rotatable bonds is 9. The Bertz CT molecular complexity index is 838. The van der Waals surface area contributed by atoms with Crippen molar-refractivity contribution in [2.45, 2.75) is 38.3 Å². The summed E-state index contributed by atoms with van der Waals surface area (Å²) in [6.07, 6.45) is 3.25. The van der Waals surface area contributed by atoms with Crippen LogP contribution in [0.25, 0.3) is 0 Å². The van der Waals surface area contributed by atoms with Gasteiger partial charge in [0.25, 0.3) is 0 Å². The van der Waals surface area contributed by atoms with E-state index in [0.717, 1.165) is 48.5 Å². The smallest absolute Gasteiger partial charge is 0.337 e. The lowest BCUT2D eigenvalue weighted by atomic mass is 10.1. The zero-order valence-corrected chi connectivity index (χ0v) is 17.5. The van der Waals surface area contributed by atoms with E-state index < -0.39 is 0 Å². The maximum atomic E-state index is 12.3. The van der Waals surface area contributed by atoms with Crippen molar-refractivity contribution < 1.29 is 14.3 Å². The summed E-state index contributed by atoms with van der Waals surface area (Å²) in [5.41, 5.74) is 2.74. The SMILES string of the molecule is COC(=O)c1ccc(CNCCC2CCC(=O)N2CCc2ccccc2Cl)cc1. The second-order valence-electron chi connectivity index (χ2n) is 7.27. The highest BCUT2D eigenvalue weighted by atomic mass is 35.5. The van der Waals surface area contributed by atoms with Gasteiger partial charge in [0.2, 0.25) is 5.91 Å². The highest BCUT2D eigenvalue weighted by Gasteiger charge is 2.30. The number of nitrogens with one attached hydrogen (secondary N) is 1. The molecule has 1 fully saturated rings. The normalized spacial score (nSPS) is 16.3. The van der Waals surface area contributed by atoms with Crippen molar-refractivity contribution in [2.24, 2.45) is 0 Å². The number of ether oxygens (including phenoxy) is 1. The summed E-state index contributed by atoms with van der Waals surface area (Å²) in [4.78, 5) is 25.8. The number of methoxy groups -OCH3 is 1. The molecule has 0 aliphatic carbocycles. The van der Waals surface area contributed by atoms with E-state index in [1.54, 1.807) is 12.1 Å². The lowest BCUT2D eigenvalue weighted by Crippen LogP contribution is -2.36. The highest BCUT2D eigenvalue weighted by Crippen LogP contribution is 2.23. The first-order chi connectivity index (χ1) is 14.1. The second kappa shape index (κ2) is 10.4. The standard InChI is InChI=1S/C23H27ClN2O3/c1-29-23(28)19-8-6-17(7-9-19)16-25-14-12-20-10-11-22(27)26(20)15-13-18-4-2-3-5-21(18)24/h2-9,20,25H,10-16H2,1H3. The van der Waals surface area contributed by atoms with Crippen molar-refractivity contribution in [3.05, 3.63) is 70.2 Å². The van der Waals surface area contributed by atoms with Crippen LogP contribution in [0.2, 0.25) is 5.02 Å². The maximum absolute atomic E-state index is 12.3. The zero-order valence-electron chi connectivity index (χ0n) is 16.7. The average Bonchev–Trinajstić information content (AvgIpc) is 3.10. The Kier molecular flexibility index (Phi) is 7.67. The molecule has 6 heteroatoms. The van der Waals surface area contributed by atoms with Crippen molar-refractivity contribution in [3.8, 4) is 0 Å². The Hall–Kier alpha value is -2.37. The third-order valence-corrected chi connectivity index (χ3v) is 5.76. The molecule has 1 aliphatic heterocycles. The Morgan fingerprint density at radius 3 is 2.69 bits per heavy atom. The van der Waals surface area contributed by atoms with Gasteiger partial charge in [-0.25, -0.2) is 4.79 Å². The molecule has 5 nitrogen and oxygen atoms in total. The first kappa shape index (κ1) is 21.3. The van der Waals surface area contributed by atoms with E-state index in [0.29, 0.717) is 18.5 Å². The van der Waals surface area contributed by atoms with Crippen molar-refractivity contribution in [1.29, 1.82) is 0 Å². The van der Waals surface area contributed by atoms with Crippen molar-refractivity contribution in [2.75, 3.05) is 20.2 Å². The summed E-state index contributed by atoms with van der Waals surface area (Å²) in [7, 11) is 1.38. The number of carbonyl (C=O) groups excluding carboxylic acids is 2. The number of hydrogen-bond donors (Lipinski definition) is 1. The van der Waals surface area contributed by atoms with Gasteiger partial charge in [-0.3, -0.25) is 4.79 Å². The van der Waals surface area contributed by atoms with Crippen molar-refractivity contribution in [3.63, 3.8) is 0 Å². The summed E-state index contributed by atoms with van der Waals surface area (Å²) in [5, 5.41) is 4.19. The molecule has 1 amide bonds. The molecule has 3 rings (SSSR count). The van der Waals surface area contributed by atoms with Gasteiger partial charge in [0.15, 0.2) is 0 Å². The van der Waals surface area contributed by atoms with Gasteiger partial charge < -0.3 is 15.0 Å². The summed E-state index contributed by atoms with van der Waals surface area (Å²) in [6.45, 7) is 2.27. The molecule has 0 bridgehead atoms. The van der Waals surface area contributed by atoms with Gasteiger partial charge in [0.1, 0.15) is 0 Å². The van der Waals surface area contributed by atoms with E-state index >= 15 is 0 Å². The zero-order chi connectivity index (χ0) is 20.6. The third-order valence-electron chi connectivity index (χ3n) is 5.39. The lowest BCUT2D eigenvalue weighted by molar-refractivity contribution is -0.129. The maximum Gasteiger partial charge on any atom is 0.337 e. The Morgan fingerprint density at radius 1 is 1.21 bits per heavy atom. The van der Waals surface area contributed by atoms with Crippen LogP contribution < -0.4 is 5.32 Å². The summed E-state index contributed by atoms with van der Waals surface area (Å²) in [6, 6.07) is 15.5. The van der Waals surface area contributed by atoms with Gasteiger partial charge >= 0.3 is 5.97 Å². The molecular weight excluding hydrogens is 388 g/mol. The molecule has 2 aromatic carbocycles. The third kappa shape index (κ3) is 5.81. The van der Waals surface area contributed by atoms with Crippen LogP contribution in [0.4, 0.5) is 0 Å². The topological polar surface area (TPSA) is 58.6 Å². The van der Waals surface area contributed by atoms with E-state index in [2.05, 4.69) is 5.32 Å². The van der Waals surface area contributed by atoms with Gasteiger partial charge in [-0.2, -0.15) is 0 Å². The number of esters is 1. The summed E-state index contributed by atoms with van der Waals surface area (Å²) < 4.78 is 4.71. The molecule has 1 heterocycles. The van der Waals surface area contributed by atoms with Crippen LogP contribution in [0.1, 0.15) is 40.7 Å². The number of hydrogen-bond acceptors (Lipinski definition) is 4. The monoisotopic (exact) mass is 414 g/mol. The largest absolute Gasteiger partial charge is 0.465 e. The molecule has 0 saturated carbocycles. The van der Waals surface area contributed by atoms with Gasteiger partial charge in [-0.05, 0) is 55.1 Å². The number of nitrogens with zero attached hydrogens (tertiary/aromatic N) is 1. The molecule has 1 unspecified atom stereocenters. The van der Waals surface area contributed by atoms with Crippen molar-refractivity contribution in [1.82, 2.24) is 10.2 Å². The minimum absolute atomic E-state index is 0.237. The Labute approximate surface area is 177 Å². The van der Waals surface area contributed by atoms with Crippen LogP contribution >= 0.6 is 11.6 Å². The Balaban J connectivity index is 1.44. The van der Waals surface area contributed by atoms with E-state index in [9.17, 15) is 9.59 Å². The molecule has 2 aromatic rings. The minimum atomic E-state index is -0.327. The van der Waals surface area contributed by atoms with Crippen LogP contribution in [-0.4, -0.2) is 43.0 Å². The number of likely N-dealkylation sites (tertiary alicyclic amines) is 1. The van der Waals surface area contributed by atoms with Crippen molar-refractivity contribution >= 4 is 23.5 Å². The van der Waals surface area contributed by atoms with E-state index in [1.807, 2.05) is 41.3 Å². The molecule has 1 saturated heterocycles. The van der Waals surface area contributed by atoms with Crippen LogP contribution in [0.15, 0.2) is 48.5 Å². The summed E-state index contributed by atoms with van der Waals surface area (Å²) in [5.74, 6) is -0.0901. The minimum Gasteiger partial charge on any atom is -0.465 e. The number of halogens is 1. The molecule has 1 aliphatic rings. The number of benzene rings is 2. The molecule has 154 valence electrons. The average molecular weight is 415 g/mol. The molecule has 0 radical (unpaired) electrons. The van der Waals surface area contributed by atoms with Crippen LogP contribution in [0, 0.1) is 0 Å². The van der Waals surface area contributed by atoms with Crippen LogP contribution in [0.5, 0.6) is 0 Å². The molecule has 1 atom stereocenters. The Morgan fingerprint density at radius 2 is 1.97 bits per heavy atom. The van der Waals surface area contributed by atoms with Gasteiger partial charge in [0.05, 0.1) is 12.7 Å². The van der Waals surface area contributed by atoms with E-state index in [-0.39, 0.29) is 17.9 Å². The molecular formula is C23H27ClN2O3. The van der Waals surface area contributed by atoms with Gasteiger partial charge in [0, 0.05) is 30.6 Å². The predicted octanol–water partition coefficient (Wildman–Crippen LogP) is 3.84. The second-order valence-corrected chi connectivity index (χ2v) is 7.68. The summed E-state index contributed by atoms with van der Waals surface area (Å²) >= 11 is 6.24. The molecule has 0 aromatic heterocycles.